The van der Waals surface area contributed by atoms with Crippen LogP contribution in [-0.2, 0) is 0 Å². The van der Waals surface area contributed by atoms with Crippen LogP contribution in [0.3, 0.4) is 0 Å². The Bertz CT molecular complexity index is 805. The Kier molecular flexibility index (Phi) is 8.65. The minimum absolute atomic E-state index is 0.00348. The fraction of sp³-hybridized carbons (Fsp3) is 0.435. The van der Waals surface area contributed by atoms with Crippen LogP contribution in [0, 0.1) is 0 Å². The first-order chi connectivity index (χ1) is 14.6. The Morgan fingerprint density at radius 2 is 1.93 bits per heavy atom. The Morgan fingerprint density at radius 3 is 2.67 bits per heavy atom. The monoisotopic (exact) mass is 396 g/mol. The van der Waals surface area contributed by atoms with Crippen LogP contribution in [0.4, 0.5) is 0 Å². The fourth-order valence-electron chi connectivity index (χ4n) is 4.21. The number of likely N-dealkylation sites (tertiary alicyclic amines) is 1. The van der Waals surface area contributed by atoms with Gasteiger partial charge in [-0.15, -0.1) is 0 Å². The van der Waals surface area contributed by atoms with Crippen LogP contribution in [-0.4, -0.2) is 71.7 Å². The molecule has 0 saturated carbocycles. The standard InChI is InChI=1S/C23H29B3N3O/c1-2-19(20-10-6-7-11-21(20)26-25)22(24)27-13-15-29-14-12-18(16-29)28-23(30)17-8-4-3-5-9-17/h3-11,18-19,22,27H,2,12-16H2,1H3,(H,28,30). The van der Waals surface area contributed by atoms with Gasteiger partial charge in [0.1, 0.15) is 0 Å². The summed E-state index contributed by atoms with van der Waals surface area (Å²) in [5.74, 6) is 0.0773. The summed E-state index contributed by atoms with van der Waals surface area (Å²) >= 11 is 0. The van der Waals surface area contributed by atoms with Crippen LogP contribution in [0.15, 0.2) is 54.6 Å². The molecule has 3 rings (SSSR count). The normalized spacial score (nSPS) is 18.6. The van der Waals surface area contributed by atoms with E-state index in [2.05, 4.69) is 28.5 Å². The molecule has 2 aromatic rings. The average molecular weight is 396 g/mol. The zero-order valence-electron chi connectivity index (χ0n) is 17.8. The summed E-state index contributed by atoms with van der Waals surface area (Å²) in [4.78, 5) is 14.7. The van der Waals surface area contributed by atoms with E-state index in [-0.39, 0.29) is 23.8 Å². The van der Waals surface area contributed by atoms with E-state index < -0.39 is 0 Å². The highest BCUT2D eigenvalue weighted by molar-refractivity contribution is 6.97. The molecule has 0 spiro atoms. The van der Waals surface area contributed by atoms with Gasteiger partial charge in [0, 0.05) is 45.5 Å². The van der Waals surface area contributed by atoms with Gasteiger partial charge in [-0.25, -0.2) is 0 Å². The van der Waals surface area contributed by atoms with Crippen LogP contribution < -0.4 is 16.1 Å². The largest absolute Gasteiger partial charge is 0.348 e. The van der Waals surface area contributed by atoms with Gasteiger partial charge in [0.25, 0.3) is 5.91 Å². The first kappa shape index (κ1) is 22.7. The van der Waals surface area contributed by atoms with E-state index >= 15 is 0 Å². The lowest BCUT2D eigenvalue weighted by atomic mass is 9.49. The molecule has 151 valence electrons. The average Bonchev–Trinajstić information content (AvgIpc) is 3.22. The lowest BCUT2D eigenvalue weighted by Gasteiger charge is -2.28. The second kappa shape index (κ2) is 11.4. The molecule has 0 bridgehead atoms. The number of nitrogens with one attached hydrogen (secondary N) is 2. The van der Waals surface area contributed by atoms with Crippen molar-refractivity contribution < 1.29 is 4.79 Å². The van der Waals surface area contributed by atoms with Crippen molar-refractivity contribution in [2.24, 2.45) is 0 Å². The van der Waals surface area contributed by atoms with E-state index in [0.29, 0.717) is 5.56 Å². The number of rotatable bonds is 10. The van der Waals surface area contributed by atoms with Crippen molar-refractivity contribution in [2.75, 3.05) is 26.2 Å². The number of carbonyl (C=O) groups is 1. The molecule has 3 atom stereocenters. The summed E-state index contributed by atoms with van der Waals surface area (Å²) in [5, 5.41) is 6.63. The first-order valence-corrected chi connectivity index (χ1v) is 10.8. The smallest absolute Gasteiger partial charge is 0.251 e. The highest BCUT2D eigenvalue weighted by Gasteiger charge is 2.24. The van der Waals surface area contributed by atoms with E-state index in [4.69, 9.17) is 15.6 Å². The number of amides is 1. The van der Waals surface area contributed by atoms with E-state index in [9.17, 15) is 4.79 Å². The van der Waals surface area contributed by atoms with E-state index in [1.54, 1.807) is 7.17 Å². The molecule has 4 nitrogen and oxygen atoms in total. The zero-order chi connectivity index (χ0) is 21.3. The molecule has 2 N–H and O–H groups in total. The molecule has 5 radical (unpaired) electrons. The second-order valence-electron chi connectivity index (χ2n) is 7.92. The Morgan fingerprint density at radius 1 is 1.20 bits per heavy atom. The molecule has 1 heterocycles. The Balaban J connectivity index is 1.43. The minimum Gasteiger partial charge on any atom is -0.348 e. The number of hydrogen-bond acceptors (Lipinski definition) is 3. The van der Waals surface area contributed by atoms with Gasteiger partial charge in [0.2, 0.25) is 0 Å². The molecule has 2 aromatic carbocycles. The topological polar surface area (TPSA) is 44.4 Å². The van der Waals surface area contributed by atoms with Crippen LogP contribution in [0.25, 0.3) is 0 Å². The van der Waals surface area contributed by atoms with Crippen LogP contribution in [0.5, 0.6) is 0 Å². The van der Waals surface area contributed by atoms with Gasteiger partial charge < -0.3 is 10.6 Å². The summed E-state index contributed by atoms with van der Waals surface area (Å²) in [6, 6.07) is 17.7. The SMILES string of the molecule is [B][B]c1ccccc1C(CC)C([B])NCCN1CCC(NC(=O)c2ccccc2)C1. The molecule has 0 aliphatic carbocycles. The van der Waals surface area contributed by atoms with Crippen molar-refractivity contribution >= 4 is 34.1 Å². The molecule has 1 saturated heterocycles. The highest BCUT2D eigenvalue weighted by atomic mass is 16.1. The second-order valence-corrected chi connectivity index (χ2v) is 7.92. The molecule has 1 fully saturated rings. The zero-order valence-corrected chi connectivity index (χ0v) is 17.8. The molecule has 1 aliphatic rings. The molecule has 0 aromatic heterocycles. The molecule has 1 aliphatic heterocycles. The third-order valence-electron chi connectivity index (χ3n) is 5.90. The van der Waals surface area contributed by atoms with Crippen LogP contribution >= 0.6 is 0 Å². The van der Waals surface area contributed by atoms with Gasteiger partial charge in [-0.2, -0.15) is 0 Å². The maximum atomic E-state index is 12.3. The molecule has 3 unspecified atom stereocenters. The molecule has 7 heteroatoms. The van der Waals surface area contributed by atoms with Crippen LogP contribution in [0.1, 0.15) is 41.6 Å². The van der Waals surface area contributed by atoms with Gasteiger partial charge in [0.15, 0.2) is 0 Å². The van der Waals surface area contributed by atoms with Crippen molar-refractivity contribution in [3.05, 3.63) is 65.7 Å². The van der Waals surface area contributed by atoms with Gasteiger partial charge in [-0.1, -0.05) is 60.4 Å². The molecular formula is C23H29B3N3O. The number of nitrogens with zero attached hydrogens (tertiary/aromatic N) is 1. The third kappa shape index (κ3) is 6.02. The maximum absolute atomic E-state index is 12.3. The van der Waals surface area contributed by atoms with E-state index in [1.807, 2.05) is 48.5 Å². The summed E-state index contributed by atoms with van der Waals surface area (Å²) in [7, 11) is 13.9. The predicted molar refractivity (Wildman–Crippen MR) is 127 cm³/mol. The van der Waals surface area contributed by atoms with Crippen molar-refractivity contribution in [3.8, 4) is 0 Å². The third-order valence-corrected chi connectivity index (χ3v) is 5.90. The van der Waals surface area contributed by atoms with E-state index in [1.165, 1.54) is 5.56 Å². The van der Waals surface area contributed by atoms with Gasteiger partial charge in [-0.3, -0.25) is 9.69 Å². The summed E-state index contributed by atoms with van der Waals surface area (Å²) in [6.45, 7) is 5.73. The highest BCUT2D eigenvalue weighted by Crippen LogP contribution is 2.20. The Hall–Kier alpha value is -1.98. The summed E-state index contributed by atoms with van der Waals surface area (Å²) in [5.41, 5.74) is 2.94. The molecule has 1 amide bonds. The summed E-state index contributed by atoms with van der Waals surface area (Å²) in [6.07, 6.45) is 1.91. The van der Waals surface area contributed by atoms with Gasteiger partial charge >= 0.3 is 0 Å². The quantitative estimate of drug-likeness (QED) is 0.594. The lowest BCUT2D eigenvalue weighted by molar-refractivity contribution is 0.0938. The molecule has 30 heavy (non-hydrogen) atoms. The number of carbonyl (C=O) groups excluding carboxylic acids is 1. The number of benzene rings is 2. The fourth-order valence-corrected chi connectivity index (χ4v) is 4.21. The van der Waals surface area contributed by atoms with Crippen molar-refractivity contribution in [1.82, 2.24) is 15.5 Å². The molecular weight excluding hydrogens is 367 g/mol. The van der Waals surface area contributed by atoms with Gasteiger partial charge in [0.05, 0.1) is 15.0 Å². The minimum atomic E-state index is -0.132. The van der Waals surface area contributed by atoms with E-state index in [0.717, 1.165) is 44.5 Å². The first-order valence-electron chi connectivity index (χ1n) is 10.8. The van der Waals surface area contributed by atoms with Gasteiger partial charge in [-0.05, 0) is 36.8 Å². The lowest BCUT2D eigenvalue weighted by Crippen LogP contribution is -2.42. The van der Waals surface area contributed by atoms with Crippen LogP contribution in [0.2, 0.25) is 0 Å². The van der Waals surface area contributed by atoms with Crippen molar-refractivity contribution in [3.63, 3.8) is 0 Å². The van der Waals surface area contributed by atoms with Crippen molar-refractivity contribution in [1.29, 1.82) is 0 Å². The number of hydrogen-bond donors (Lipinski definition) is 2. The predicted octanol–water partition coefficient (Wildman–Crippen LogP) is 1.18. The van der Waals surface area contributed by atoms with Crippen molar-refractivity contribution in [2.45, 2.75) is 37.7 Å². The Labute approximate surface area is 184 Å². The maximum Gasteiger partial charge on any atom is 0.251 e. The summed E-state index contributed by atoms with van der Waals surface area (Å²) < 4.78 is 0.